The first-order valence-electron chi connectivity index (χ1n) is 21.5. The quantitative estimate of drug-likeness (QED) is 0.0362. The third-order valence-corrected chi connectivity index (χ3v) is 9.61. The van der Waals surface area contributed by atoms with Crippen molar-refractivity contribution >= 4 is 17.9 Å². The summed E-state index contributed by atoms with van der Waals surface area (Å²) in [6.07, 6.45) is 38.0. The highest BCUT2D eigenvalue weighted by Gasteiger charge is 2.19. The van der Waals surface area contributed by atoms with Crippen LogP contribution in [-0.2, 0) is 28.6 Å². The van der Waals surface area contributed by atoms with E-state index in [1.807, 2.05) is 0 Å². The van der Waals surface area contributed by atoms with Crippen molar-refractivity contribution in [3.63, 3.8) is 0 Å². The molecular weight excluding hydrogens is 612 g/mol. The molecular formula is C43H82O6. The lowest BCUT2D eigenvalue weighted by Gasteiger charge is -2.18. The summed E-state index contributed by atoms with van der Waals surface area (Å²) in [6.45, 7) is 6.60. The van der Waals surface area contributed by atoms with Gasteiger partial charge in [0, 0.05) is 19.3 Å². The van der Waals surface area contributed by atoms with E-state index in [1.165, 1.54) is 141 Å². The van der Waals surface area contributed by atoms with Gasteiger partial charge in [0.25, 0.3) is 0 Å². The van der Waals surface area contributed by atoms with E-state index in [2.05, 4.69) is 20.8 Å². The molecule has 0 amide bonds. The highest BCUT2D eigenvalue weighted by Crippen LogP contribution is 2.15. The normalized spacial score (nSPS) is 11.8. The van der Waals surface area contributed by atoms with Gasteiger partial charge in [-0.25, -0.2) is 0 Å². The molecule has 0 N–H and O–H groups in total. The minimum absolute atomic E-state index is 0.0634. The maximum Gasteiger partial charge on any atom is 0.306 e. The lowest BCUT2D eigenvalue weighted by atomic mass is 10.0. The molecule has 49 heavy (non-hydrogen) atoms. The Morgan fingerprint density at radius 1 is 0.327 bits per heavy atom. The molecule has 0 aromatic rings. The van der Waals surface area contributed by atoms with Gasteiger partial charge in [0.1, 0.15) is 13.2 Å². The van der Waals surface area contributed by atoms with Gasteiger partial charge in [0.05, 0.1) is 0 Å². The molecule has 0 saturated heterocycles. The number of esters is 3. The van der Waals surface area contributed by atoms with Crippen LogP contribution < -0.4 is 0 Å². The van der Waals surface area contributed by atoms with Crippen molar-refractivity contribution in [2.45, 2.75) is 245 Å². The second-order valence-corrected chi connectivity index (χ2v) is 14.6. The lowest BCUT2D eigenvalue weighted by molar-refractivity contribution is -0.167. The SMILES string of the molecule is CCCCCCCCCCCCCCCC(=O)OCC(COC(=O)CCCCCCCCCC)OC(=O)CCCCCCCCCCCC. The summed E-state index contributed by atoms with van der Waals surface area (Å²) in [7, 11) is 0. The first-order chi connectivity index (χ1) is 24.0. The van der Waals surface area contributed by atoms with Crippen molar-refractivity contribution in [1.82, 2.24) is 0 Å². The first kappa shape index (κ1) is 47.4. The van der Waals surface area contributed by atoms with Crippen LogP contribution in [0.5, 0.6) is 0 Å². The Labute approximate surface area is 304 Å². The minimum Gasteiger partial charge on any atom is -0.462 e. The van der Waals surface area contributed by atoms with Crippen LogP contribution in [0.25, 0.3) is 0 Å². The van der Waals surface area contributed by atoms with Crippen LogP contribution >= 0.6 is 0 Å². The van der Waals surface area contributed by atoms with E-state index in [9.17, 15) is 14.4 Å². The lowest BCUT2D eigenvalue weighted by Crippen LogP contribution is -2.30. The number of hydrogen-bond acceptors (Lipinski definition) is 6. The second kappa shape index (κ2) is 39.2. The van der Waals surface area contributed by atoms with Crippen LogP contribution in [0.3, 0.4) is 0 Å². The topological polar surface area (TPSA) is 78.9 Å². The third kappa shape index (κ3) is 37.5. The zero-order valence-corrected chi connectivity index (χ0v) is 33.0. The van der Waals surface area contributed by atoms with Crippen molar-refractivity contribution in [2.24, 2.45) is 0 Å². The van der Waals surface area contributed by atoms with Crippen LogP contribution in [-0.4, -0.2) is 37.2 Å². The summed E-state index contributed by atoms with van der Waals surface area (Å²) < 4.78 is 16.6. The number of carbonyl (C=O) groups excluding carboxylic acids is 3. The van der Waals surface area contributed by atoms with Crippen LogP contribution in [0.4, 0.5) is 0 Å². The molecule has 6 nitrogen and oxygen atoms in total. The molecule has 0 aliphatic rings. The Bertz CT molecular complexity index is 723. The minimum atomic E-state index is -0.756. The van der Waals surface area contributed by atoms with E-state index in [0.717, 1.165) is 57.8 Å². The molecule has 0 aromatic carbocycles. The standard InChI is InChI=1S/C43H82O6/c1-4-7-10-13-16-19-21-22-23-25-27-30-33-36-42(45)48-39-40(38-47-41(44)35-32-29-26-18-15-12-9-6-3)49-43(46)37-34-31-28-24-20-17-14-11-8-5-2/h40H,4-39H2,1-3H3. The monoisotopic (exact) mass is 695 g/mol. The first-order valence-corrected chi connectivity index (χ1v) is 21.5. The average Bonchev–Trinajstić information content (AvgIpc) is 3.10. The molecule has 1 unspecified atom stereocenters. The summed E-state index contributed by atoms with van der Waals surface area (Å²) in [5.41, 5.74) is 0. The maximum atomic E-state index is 12.6. The van der Waals surface area contributed by atoms with E-state index in [4.69, 9.17) is 14.2 Å². The molecule has 0 rings (SSSR count). The number of ether oxygens (including phenoxy) is 3. The number of hydrogen-bond donors (Lipinski definition) is 0. The van der Waals surface area contributed by atoms with Gasteiger partial charge < -0.3 is 14.2 Å². The summed E-state index contributed by atoms with van der Waals surface area (Å²) in [6, 6.07) is 0. The van der Waals surface area contributed by atoms with Gasteiger partial charge in [0.15, 0.2) is 6.10 Å². The summed E-state index contributed by atoms with van der Waals surface area (Å²) in [5.74, 6) is -0.861. The summed E-state index contributed by atoms with van der Waals surface area (Å²) in [4.78, 5) is 37.5. The second-order valence-electron chi connectivity index (χ2n) is 14.6. The van der Waals surface area contributed by atoms with E-state index >= 15 is 0 Å². The van der Waals surface area contributed by atoms with Crippen LogP contribution in [0.2, 0.25) is 0 Å². The third-order valence-electron chi connectivity index (χ3n) is 9.61. The molecule has 1 atom stereocenters. The maximum absolute atomic E-state index is 12.6. The largest absolute Gasteiger partial charge is 0.462 e. The Morgan fingerprint density at radius 3 is 0.816 bits per heavy atom. The summed E-state index contributed by atoms with van der Waals surface area (Å²) >= 11 is 0. The van der Waals surface area contributed by atoms with Crippen molar-refractivity contribution in [3.8, 4) is 0 Å². The number of carbonyl (C=O) groups is 3. The molecule has 0 saturated carbocycles. The van der Waals surface area contributed by atoms with Crippen molar-refractivity contribution in [3.05, 3.63) is 0 Å². The van der Waals surface area contributed by atoms with Gasteiger partial charge in [-0.15, -0.1) is 0 Å². The molecule has 0 radical (unpaired) electrons. The highest BCUT2D eigenvalue weighted by molar-refractivity contribution is 5.71. The molecule has 290 valence electrons. The molecule has 0 fully saturated rings. The predicted octanol–water partition coefficient (Wildman–Crippen LogP) is 13.3. The Balaban J connectivity index is 4.29. The van der Waals surface area contributed by atoms with Crippen molar-refractivity contribution in [1.29, 1.82) is 0 Å². The fraction of sp³-hybridized carbons (Fsp3) is 0.930. The Hall–Kier alpha value is -1.59. The van der Waals surface area contributed by atoms with E-state index < -0.39 is 6.10 Å². The fourth-order valence-electron chi connectivity index (χ4n) is 6.32. The molecule has 0 aromatic heterocycles. The summed E-state index contributed by atoms with van der Waals surface area (Å²) in [5, 5.41) is 0. The Kier molecular flexibility index (Phi) is 37.9. The number of rotatable bonds is 39. The van der Waals surface area contributed by atoms with Crippen molar-refractivity contribution < 1.29 is 28.6 Å². The molecule has 6 heteroatoms. The predicted molar refractivity (Wildman–Crippen MR) is 206 cm³/mol. The smallest absolute Gasteiger partial charge is 0.306 e. The van der Waals surface area contributed by atoms with Crippen LogP contribution in [0.1, 0.15) is 239 Å². The van der Waals surface area contributed by atoms with Gasteiger partial charge in [-0.05, 0) is 19.3 Å². The zero-order valence-electron chi connectivity index (χ0n) is 33.0. The van der Waals surface area contributed by atoms with E-state index in [-0.39, 0.29) is 31.1 Å². The molecule has 0 spiro atoms. The highest BCUT2D eigenvalue weighted by atomic mass is 16.6. The molecule has 0 aliphatic carbocycles. The van der Waals surface area contributed by atoms with Crippen LogP contribution in [0, 0.1) is 0 Å². The van der Waals surface area contributed by atoms with Crippen molar-refractivity contribution in [2.75, 3.05) is 13.2 Å². The fourth-order valence-corrected chi connectivity index (χ4v) is 6.32. The Morgan fingerprint density at radius 2 is 0.551 bits per heavy atom. The van der Waals surface area contributed by atoms with Gasteiger partial charge in [-0.3, -0.25) is 14.4 Å². The molecule has 0 bridgehead atoms. The van der Waals surface area contributed by atoms with E-state index in [1.54, 1.807) is 0 Å². The number of unbranched alkanes of at least 4 members (excludes halogenated alkanes) is 28. The van der Waals surface area contributed by atoms with Crippen LogP contribution in [0.15, 0.2) is 0 Å². The molecule has 0 heterocycles. The van der Waals surface area contributed by atoms with Gasteiger partial charge in [-0.1, -0.05) is 201 Å². The molecule has 0 aliphatic heterocycles. The van der Waals surface area contributed by atoms with Gasteiger partial charge in [-0.2, -0.15) is 0 Å². The average molecular weight is 695 g/mol. The zero-order chi connectivity index (χ0) is 35.9. The van der Waals surface area contributed by atoms with Gasteiger partial charge in [0.2, 0.25) is 0 Å². The van der Waals surface area contributed by atoms with E-state index in [0.29, 0.717) is 19.3 Å². The van der Waals surface area contributed by atoms with Gasteiger partial charge >= 0.3 is 17.9 Å².